The van der Waals surface area contributed by atoms with Gasteiger partial charge in [0.05, 0.1) is 18.4 Å². The number of anilines is 1. The second-order valence-corrected chi connectivity index (χ2v) is 4.19. The van der Waals surface area contributed by atoms with Crippen LogP contribution in [0.2, 0.25) is 10.3 Å². The van der Waals surface area contributed by atoms with E-state index in [1.165, 1.54) is 0 Å². The number of hydrogen-bond donors (Lipinski definition) is 2. The van der Waals surface area contributed by atoms with Crippen molar-refractivity contribution in [2.24, 2.45) is 0 Å². The molecule has 16 heavy (non-hydrogen) atoms. The van der Waals surface area contributed by atoms with Gasteiger partial charge in [-0.05, 0) is 0 Å². The number of hydrogen-bond acceptors (Lipinski definition) is 5. The van der Waals surface area contributed by atoms with E-state index in [9.17, 15) is 0 Å². The molecule has 5 nitrogen and oxygen atoms in total. The Morgan fingerprint density at radius 1 is 1.50 bits per heavy atom. The zero-order valence-electron chi connectivity index (χ0n) is 8.54. The summed E-state index contributed by atoms with van der Waals surface area (Å²) in [6, 6.07) is 1.65. The number of nitrogens with one attached hydrogen (secondary N) is 2. The quantitative estimate of drug-likeness (QED) is 0.857. The Labute approximate surface area is 103 Å². The van der Waals surface area contributed by atoms with Gasteiger partial charge in [-0.15, -0.1) is 10.2 Å². The molecule has 1 fully saturated rings. The number of morpholine rings is 1. The van der Waals surface area contributed by atoms with Gasteiger partial charge in [0.15, 0.2) is 10.3 Å². The molecule has 2 rings (SSSR count). The maximum atomic E-state index is 5.86. The molecule has 0 bridgehead atoms. The van der Waals surface area contributed by atoms with Crippen LogP contribution >= 0.6 is 23.2 Å². The van der Waals surface area contributed by atoms with Crippen molar-refractivity contribution in [1.29, 1.82) is 0 Å². The fraction of sp³-hybridized carbons (Fsp3) is 0.556. The predicted molar refractivity (Wildman–Crippen MR) is 63.2 cm³/mol. The van der Waals surface area contributed by atoms with E-state index in [2.05, 4.69) is 20.8 Å². The second-order valence-electron chi connectivity index (χ2n) is 3.45. The molecule has 2 N–H and O–H groups in total. The van der Waals surface area contributed by atoms with Gasteiger partial charge in [-0.3, -0.25) is 0 Å². The molecule has 1 aromatic heterocycles. The molecule has 2 heterocycles. The summed E-state index contributed by atoms with van der Waals surface area (Å²) in [5.74, 6) is 0. The highest BCUT2D eigenvalue weighted by Crippen LogP contribution is 2.20. The molecule has 0 aliphatic carbocycles. The van der Waals surface area contributed by atoms with Gasteiger partial charge in [0.1, 0.15) is 0 Å². The van der Waals surface area contributed by atoms with Crippen molar-refractivity contribution in [2.75, 3.05) is 31.6 Å². The summed E-state index contributed by atoms with van der Waals surface area (Å²) >= 11 is 11.6. The summed E-state index contributed by atoms with van der Waals surface area (Å²) in [4.78, 5) is 0. The minimum absolute atomic E-state index is 0.136. The van der Waals surface area contributed by atoms with Crippen molar-refractivity contribution in [3.63, 3.8) is 0 Å². The first-order valence-electron chi connectivity index (χ1n) is 5.00. The molecule has 1 unspecified atom stereocenters. The highest BCUT2D eigenvalue weighted by Gasteiger charge is 2.13. The van der Waals surface area contributed by atoms with E-state index in [-0.39, 0.29) is 6.10 Å². The molecule has 1 saturated heterocycles. The Kier molecular flexibility index (Phi) is 4.17. The van der Waals surface area contributed by atoms with Crippen molar-refractivity contribution >= 4 is 28.9 Å². The summed E-state index contributed by atoms with van der Waals surface area (Å²) in [6.45, 7) is 3.13. The monoisotopic (exact) mass is 262 g/mol. The van der Waals surface area contributed by atoms with Gasteiger partial charge in [0, 0.05) is 25.7 Å². The van der Waals surface area contributed by atoms with Crippen LogP contribution in [0.15, 0.2) is 6.07 Å². The first-order valence-corrected chi connectivity index (χ1v) is 5.76. The molecule has 1 aliphatic rings. The van der Waals surface area contributed by atoms with Crippen molar-refractivity contribution in [2.45, 2.75) is 6.10 Å². The Balaban J connectivity index is 1.90. The van der Waals surface area contributed by atoms with E-state index < -0.39 is 0 Å². The third kappa shape index (κ3) is 3.18. The molecule has 0 aromatic carbocycles. The van der Waals surface area contributed by atoms with Gasteiger partial charge < -0.3 is 15.4 Å². The number of halogens is 2. The van der Waals surface area contributed by atoms with Gasteiger partial charge in [0.25, 0.3) is 0 Å². The average molecular weight is 263 g/mol. The molecule has 88 valence electrons. The van der Waals surface area contributed by atoms with E-state index >= 15 is 0 Å². The van der Waals surface area contributed by atoms with Crippen molar-refractivity contribution in [3.8, 4) is 0 Å². The summed E-state index contributed by atoms with van der Waals surface area (Å²) in [5, 5.41) is 14.4. The summed E-state index contributed by atoms with van der Waals surface area (Å²) < 4.78 is 5.53. The Hall–Kier alpha value is -0.620. The van der Waals surface area contributed by atoms with Crippen molar-refractivity contribution in [1.82, 2.24) is 15.5 Å². The van der Waals surface area contributed by atoms with Crippen molar-refractivity contribution < 1.29 is 4.74 Å². The second kappa shape index (κ2) is 5.63. The lowest BCUT2D eigenvalue weighted by Crippen LogP contribution is -2.42. The van der Waals surface area contributed by atoms with E-state index in [0.717, 1.165) is 19.7 Å². The Morgan fingerprint density at radius 3 is 3.12 bits per heavy atom. The van der Waals surface area contributed by atoms with Crippen LogP contribution in [0.4, 0.5) is 5.69 Å². The highest BCUT2D eigenvalue weighted by molar-refractivity contribution is 6.33. The molecule has 1 aliphatic heterocycles. The minimum atomic E-state index is 0.136. The van der Waals surface area contributed by atoms with Gasteiger partial charge in [-0.2, -0.15) is 0 Å². The Morgan fingerprint density at radius 2 is 2.38 bits per heavy atom. The van der Waals surface area contributed by atoms with E-state index in [4.69, 9.17) is 27.9 Å². The zero-order chi connectivity index (χ0) is 11.4. The molecule has 1 atom stereocenters. The van der Waals surface area contributed by atoms with Crippen LogP contribution in [0, 0.1) is 0 Å². The number of nitrogens with zero attached hydrogens (tertiary/aromatic N) is 2. The summed E-state index contributed by atoms with van der Waals surface area (Å²) in [5.41, 5.74) is 0.677. The largest absolute Gasteiger partial charge is 0.380 e. The molecule has 0 spiro atoms. The molecular formula is C9H12Cl2N4O. The van der Waals surface area contributed by atoms with Gasteiger partial charge in [-0.25, -0.2) is 0 Å². The maximum absolute atomic E-state index is 5.86. The number of rotatable bonds is 3. The lowest BCUT2D eigenvalue weighted by atomic mass is 10.3. The van der Waals surface area contributed by atoms with Crippen LogP contribution in [0.5, 0.6) is 0 Å². The standard InChI is InChI=1S/C9H12Cl2N4O/c10-8-3-7(9(11)15-14-8)13-5-6-4-12-1-2-16-6/h3,6,12H,1-2,4-5H2,(H,13,14). The molecule has 0 amide bonds. The number of ether oxygens (including phenoxy) is 1. The molecular weight excluding hydrogens is 251 g/mol. The molecule has 0 radical (unpaired) electrons. The van der Waals surface area contributed by atoms with E-state index in [1.54, 1.807) is 6.07 Å². The minimum Gasteiger partial charge on any atom is -0.380 e. The maximum Gasteiger partial charge on any atom is 0.174 e. The smallest absolute Gasteiger partial charge is 0.174 e. The van der Waals surface area contributed by atoms with E-state index in [1.807, 2.05) is 0 Å². The topological polar surface area (TPSA) is 59.1 Å². The highest BCUT2D eigenvalue weighted by atomic mass is 35.5. The predicted octanol–water partition coefficient (Wildman–Crippen LogP) is 1.18. The zero-order valence-corrected chi connectivity index (χ0v) is 10.1. The van der Waals surface area contributed by atoms with Gasteiger partial charge in [0.2, 0.25) is 0 Å². The van der Waals surface area contributed by atoms with Crippen LogP contribution in [0.3, 0.4) is 0 Å². The first kappa shape index (κ1) is 11.9. The van der Waals surface area contributed by atoms with Gasteiger partial charge in [-0.1, -0.05) is 23.2 Å². The fourth-order valence-corrected chi connectivity index (χ4v) is 1.76. The SMILES string of the molecule is Clc1cc(NCC2CNCCO2)c(Cl)nn1. The Bertz CT molecular complexity index is 357. The fourth-order valence-electron chi connectivity index (χ4n) is 1.45. The normalized spacial score (nSPS) is 20.8. The number of aromatic nitrogens is 2. The summed E-state index contributed by atoms with van der Waals surface area (Å²) in [7, 11) is 0. The third-order valence-corrected chi connectivity index (χ3v) is 2.71. The average Bonchev–Trinajstić information content (AvgIpc) is 2.32. The lowest BCUT2D eigenvalue weighted by molar-refractivity contribution is 0.0372. The molecule has 0 saturated carbocycles. The van der Waals surface area contributed by atoms with Crippen molar-refractivity contribution in [3.05, 3.63) is 16.4 Å². The van der Waals surface area contributed by atoms with Gasteiger partial charge >= 0.3 is 0 Å². The first-order chi connectivity index (χ1) is 7.75. The van der Waals surface area contributed by atoms with E-state index in [0.29, 0.717) is 22.5 Å². The summed E-state index contributed by atoms with van der Waals surface area (Å²) in [6.07, 6.45) is 0.136. The third-order valence-electron chi connectivity index (χ3n) is 2.24. The van der Waals surface area contributed by atoms with Crippen LogP contribution < -0.4 is 10.6 Å². The van der Waals surface area contributed by atoms with Crippen LogP contribution in [-0.4, -0.2) is 42.5 Å². The van der Waals surface area contributed by atoms with Crippen LogP contribution in [-0.2, 0) is 4.74 Å². The molecule has 7 heteroatoms. The lowest BCUT2D eigenvalue weighted by Gasteiger charge is -2.24. The molecule has 1 aromatic rings. The van der Waals surface area contributed by atoms with Crippen LogP contribution in [0.1, 0.15) is 0 Å². The van der Waals surface area contributed by atoms with Crippen LogP contribution in [0.25, 0.3) is 0 Å².